The lowest BCUT2D eigenvalue weighted by atomic mass is 10.1. The highest BCUT2D eigenvalue weighted by Crippen LogP contribution is 2.20. The zero-order valence-corrected chi connectivity index (χ0v) is 10.4. The normalized spacial score (nSPS) is 11.8. The summed E-state index contributed by atoms with van der Waals surface area (Å²) in [6.45, 7) is 5.79. The van der Waals surface area contributed by atoms with Crippen LogP contribution in [0.15, 0.2) is 36.1 Å². The van der Waals surface area contributed by atoms with E-state index in [4.69, 9.17) is 0 Å². The van der Waals surface area contributed by atoms with Crippen LogP contribution in [0.2, 0.25) is 0 Å². The molecule has 0 saturated heterocycles. The summed E-state index contributed by atoms with van der Waals surface area (Å²) < 4.78 is 3.72. The molecule has 0 spiro atoms. The van der Waals surface area contributed by atoms with Gasteiger partial charge in [-0.3, -0.25) is 9.67 Å². The van der Waals surface area contributed by atoms with Gasteiger partial charge in [-0.2, -0.15) is 5.10 Å². The molecular weight excluding hydrogens is 212 g/mol. The van der Waals surface area contributed by atoms with Gasteiger partial charge in [-0.25, -0.2) is 0 Å². The van der Waals surface area contributed by atoms with Gasteiger partial charge in [-0.15, -0.1) is 0 Å². The van der Waals surface area contributed by atoms with Gasteiger partial charge in [0.25, 0.3) is 0 Å². The molecule has 0 radical (unpaired) electrons. The van der Waals surface area contributed by atoms with E-state index in [1.54, 1.807) is 13.2 Å². The van der Waals surface area contributed by atoms with Gasteiger partial charge in [0.2, 0.25) is 0 Å². The van der Waals surface area contributed by atoms with Crippen LogP contribution in [0.1, 0.15) is 5.69 Å². The molecule has 0 aliphatic rings. The van der Waals surface area contributed by atoms with E-state index >= 15 is 0 Å². The minimum Gasteiger partial charge on any atom is -0.309 e. The van der Waals surface area contributed by atoms with Crippen molar-refractivity contribution in [2.24, 2.45) is 12.0 Å². The molecule has 2 rings (SSSR count). The number of aromatic nitrogens is 3. The average Bonchev–Trinajstić information content (AvgIpc) is 2.67. The fourth-order valence-electron chi connectivity index (χ4n) is 1.89. The topological polar surface area (TPSA) is 35.1 Å². The number of hydrogen-bond donors (Lipinski definition) is 0. The predicted molar refractivity (Wildman–Crippen MR) is 69.2 cm³/mol. The van der Waals surface area contributed by atoms with Gasteiger partial charge in [-0.1, -0.05) is 6.58 Å². The van der Waals surface area contributed by atoms with Crippen molar-refractivity contribution in [3.05, 3.63) is 42.3 Å². The van der Waals surface area contributed by atoms with Crippen molar-refractivity contribution in [2.75, 3.05) is 7.05 Å². The zero-order valence-electron chi connectivity index (χ0n) is 10.4. The Hall–Kier alpha value is -2.10. The predicted octanol–water partition coefficient (Wildman–Crippen LogP) is 1.83. The molecule has 4 heteroatoms. The molecule has 0 bridgehead atoms. The van der Waals surface area contributed by atoms with E-state index < -0.39 is 0 Å². The Kier molecular flexibility index (Phi) is 2.95. The average molecular weight is 228 g/mol. The molecule has 2 aromatic heterocycles. The zero-order chi connectivity index (χ0) is 12.4. The summed E-state index contributed by atoms with van der Waals surface area (Å²) in [5.41, 5.74) is 4.14. The fourth-order valence-corrected chi connectivity index (χ4v) is 1.89. The Morgan fingerprint density at radius 1 is 1.35 bits per heavy atom. The number of hydrogen-bond acceptors (Lipinski definition) is 2. The monoisotopic (exact) mass is 228 g/mol. The van der Waals surface area contributed by atoms with Crippen LogP contribution in [0.4, 0.5) is 0 Å². The van der Waals surface area contributed by atoms with Crippen LogP contribution >= 0.6 is 0 Å². The third-order valence-corrected chi connectivity index (χ3v) is 2.70. The van der Waals surface area contributed by atoms with E-state index in [1.165, 1.54) is 0 Å². The van der Waals surface area contributed by atoms with Gasteiger partial charge in [0.05, 0.1) is 5.69 Å². The van der Waals surface area contributed by atoms with Crippen molar-refractivity contribution in [1.82, 2.24) is 14.3 Å². The molecule has 0 aliphatic heterocycles. The minimum absolute atomic E-state index is 0.880. The Bertz CT molecular complexity index is 617. The molecule has 0 saturated carbocycles. The number of pyridine rings is 1. The van der Waals surface area contributed by atoms with Gasteiger partial charge in [0.15, 0.2) is 0 Å². The Labute approximate surface area is 101 Å². The quantitative estimate of drug-likeness (QED) is 0.772. The number of rotatable bonds is 2. The summed E-state index contributed by atoms with van der Waals surface area (Å²) in [6, 6.07) is 4.02. The Morgan fingerprint density at radius 2 is 2.12 bits per heavy atom. The second-order valence-corrected chi connectivity index (χ2v) is 3.89. The standard InChI is InChI=1S/C13H16N4/c1-5-17-8-11(6-7-13(17)14-3)12-9-16(4)15-10(12)2/h5-9H,1H2,2-4H3. The fraction of sp³-hybridized carbons (Fsp3) is 0.231. The lowest BCUT2D eigenvalue weighted by Crippen LogP contribution is -2.14. The van der Waals surface area contributed by atoms with E-state index in [9.17, 15) is 0 Å². The maximum Gasteiger partial charge on any atom is 0.131 e. The van der Waals surface area contributed by atoms with E-state index in [0.29, 0.717) is 0 Å². The molecule has 0 atom stereocenters. The van der Waals surface area contributed by atoms with E-state index in [1.807, 2.05) is 47.7 Å². The lowest BCUT2D eigenvalue weighted by Gasteiger charge is -2.04. The molecule has 4 nitrogen and oxygen atoms in total. The molecular formula is C13H16N4. The molecule has 88 valence electrons. The van der Waals surface area contributed by atoms with Gasteiger partial charge in [0, 0.05) is 43.8 Å². The highest BCUT2D eigenvalue weighted by atomic mass is 15.2. The number of aryl methyl sites for hydroxylation is 2. The largest absolute Gasteiger partial charge is 0.309 e. The van der Waals surface area contributed by atoms with Crippen LogP contribution < -0.4 is 5.49 Å². The van der Waals surface area contributed by atoms with Gasteiger partial charge in [0.1, 0.15) is 5.49 Å². The second kappa shape index (κ2) is 4.41. The van der Waals surface area contributed by atoms with E-state index in [2.05, 4.69) is 16.7 Å². The highest BCUT2D eigenvalue weighted by molar-refractivity contribution is 5.64. The Morgan fingerprint density at radius 3 is 2.65 bits per heavy atom. The van der Waals surface area contributed by atoms with Crippen LogP contribution in [-0.2, 0) is 7.05 Å². The molecule has 0 fully saturated rings. The van der Waals surface area contributed by atoms with Gasteiger partial charge < -0.3 is 4.57 Å². The van der Waals surface area contributed by atoms with Crippen LogP contribution in [0, 0.1) is 6.92 Å². The molecule has 0 aliphatic carbocycles. The highest BCUT2D eigenvalue weighted by Gasteiger charge is 2.06. The summed E-state index contributed by atoms with van der Waals surface area (Å²) in [5, 5.41) is 4.34. The van der Waals surface area contributed by atoms with Gasteiger partial charge >= 0.3 is 0 Å². The van der Waals surface area contributed by atoms with Crippen molar-refractivity contribution in [3.63, 3.8) is 0 Å². The maximum atomic E-state index is 4.34. The molecule has 2 heterocycles. The summed E-state index contributed by atoms with van der Waals surface area (Å²) in [5.74, 6) is 0. The lowest BCUT2D eigenvalue weighted by molar-refractivity contribution is 0.756. The van der Waals surface area contributed by atoms with Crippen LogP contribution in [0.5, 0.6) is 0 Å². The minimum atomic E-state index is 0.880. The molecule has 17 heavy (non-hydrogen) atoms. The third-order valence-electron chi connectivity index (χ3n) is 2.70. The van der Waals surface area contributed by atoms with E-state index in [0.717, 1.165) is 22.3 Å². The van der Waals surface area contributed by atoms with E-state index in [-0.39, 0.29) is 0 Å². The second-order valence-electron chi connectivity index (χ2n) is 3.89. The molecule has 0 aromatic carbocycles. The summed E-state index contributed by atoms with van der Waals surface area (Å²) in [7, 11) is 3.69. The molecule has 2 aromatic rings. The van der Waals surface area contributed by atoms with Crippen molar-refractivity contribution in [2.45, 2.75) is 6.92 Å². The molecule has 0 unspecified atom stereocenters. The van der Waals surface area contributed by atoms with Crippen molar-refractivity contribution < 1.29 is 0 Å². The van der Waals surface area contributed by atoms with Crippen molar-refractivity contribution in [3.8, 4) is 11.1 Å². The van der Waals surface area contributed by atoms with Crippen LogP contribution in [-0.4, -0.2) is 21.4 Å². The first-order valence-corrected chi connectivity index (χ1v) is 5.44. The van der Waals surface area contributed by atoms with Crippen molar-refractivity contribution in [1.29, 1.82) is 0 Å². The Balaban J connectivity index is 2.62. The van der Waals surface area contributed by atoms with Gasteiger partial charge in [-0.05, 0) is 19.1 Å². The maximum absolute atomic E-state index is 4.34. The summed E-state index contributed by atoms with van der Waals surface area (Å²) >= 11 is 0. The van der Waals surface area contributed by atoms with Crippen LogP contribution in [0.3, 0.4) is 0 Å². The first-order valence-electron chi connectivity index (χ1n) is 5.44. The third kappa shape index (κ3) is 2.06. The van der Waals surface area contributed by atoms with Crippen LogP contribution in [0.25, 0.3) is 17.3 Å². The smallest absolute Gasteiger partial charge is 0.131 e. The molecule has 0 amide bonds. The summed E-state index contributed by atoms with van der Waals surface area (Å²) in [6.07, 6.45) is 5.78. The summed E-state index contributed by atoms with van der Waals surface area (Å²) in [4.78, 5) is 4.17. The number of nitrogens with zero attached hydrogens (tertiary/aromatic N) is 4. The first-order chi connectivity index (χ1) is 8.15. The van der Waals surface area contributed by atoms with Crippen molar-refractivity contribution >= 4 is 6.20 Å². The first kappa shape index (κ1) is 11.4. The molecule has 0 N–H and O–H groups in total. The SMILES string of the molecule is C=Cn1cc(-c2cn(C)nc2C)ccc1=NC.